The van der Waals surface area contributed by atoms with Gasteiger partial charge in [0.2, 0.25) is 0 Å². The molecular weight excluding hydrogens is 278 g/mol. The summed E-state index contributed by atoms with van der Waals surface area (Å²) in [6.07, 6.45) is 0.673. The molecule has 1 fully saturated rings. The molecule has 2 unspecified atom stereocenters. The monoisotopic (exact) mass is 293 g/mol. The molecule has 0 amide bonds. The minimum atomic E-state index is -0.729. The van der Waals surface area contributed by atoms with E-state index >= 15 is 0 Å². The van der Waals surface area contributed by atoms with Gasteiger partial charge >= 0.3 is 5.97 Å². The maximum absolute atomic E-state index is 11.1. The van der Waals surface area contributed by atoms with Crippen LogP contribution in [-0.4, -0.2) is 38.7 Å². The maximum atomic E-state index is 11.1. The van der Waals surface area contributed by atoms with Crippen molar-refractivity contribution < 1.29 is 14.4 Å². The highest BCUT2D eigenvalue weighted by Crippen LogP contribution is 2.27. The van der Waals surface area contributed by atoms with Crippen LogP contribution in [0.15, 0.2) is 22.0 Å². The van der Waals surface area contributed by atoms with Crippen molar-refractivity contribution in [2.24, 2.45) is 5.92 Å². The number of carboxylic acids is 1. The highest BCUT2D eigenvalue weighted by atomic mass is 32.1. The van der Waals surface area contributed by atoms with Crippen LogP contribution in [0.2, 0.25) is 0 Å². The summed E-state index contributed by atoms with van der Waals surface area (Å²) in [6, 6.07) is 3.86. The number of rotatable bonds is 4. The van der Waals surface area contributed by atoms with Crippen molar-refractivity contribution in [1.29, 1.82) is 0 Å². The molecule has 0 aromatic carbocycles. The summed E-state index contributed by atoms with van der Waals surface area (Å²) in [5.74, 6) is 0.0916. The molecule has 7 heteroatoms. The molecule has 2 atom stereocenters. The molecule has 3 rings (SSSR count). The number of hydrogen-bond acceptors (Lipinski definition) is 6. The number of nitrogens with zero attached hydrogens (tertiary/aromatic N) is 3. The Morgan fingerprint density at radius 3 is 3.15 bits per heavy atom. The molecule has 106 valence electrons. The third-order valence-corrected chi connectivity index (χ3v) is 4.61. The number of carboxylic acid groups (broad SMARTS) is 1. The topological polar surface area (TPSA) is 79.5 Å². The Morgan fingerprint density at radius 2 is 2.50 bits per heavy atom. The second-order valence-corrected chi connectivity index (χ2v) is 5.89. The lowest BCUT2D eigenvalue weighted by atomic mass is 10.0. The van der Waals surface area contributed by atoms with Gasteiger partial charge in [0, 0.05) is 6.04 Å². The summed E-state index contributed by atoms with van der Waals surface area (Å²) >= 11 is 1.55. The molecule has 2 aromatic rings. The summed E-state index contributed by atoms with van der Waals surface area (Å²) in [5.41, 5.74) is 0. The van der Waals surface area contributed by atoms with E-state index in [-0.39, 0.29) is 12.0 Å². The van der Waals surface area contributed by atoms with Crippen LogP contribution in [0.25, 0.3) is 10.8 Å². The van der Waals surface area contributed by atoms with Crippen LogP contribution in [0.5, 0.6) is 0 Å². The first-order valence-electron chi connectivity index (χ1n) is 6.48. The smallest absolute Gasteiger partial charge is 0.308 e. The van der Waals surface area contributed by atoms with E-state index in [4.69, 9.17) is 9.63 Å². The number of aromatic nitrogens is 2. The lowest BCUT2D eigenvalue weighted by Crippen LogP contribution is -2.32. The molecule has 0 aliphatic carbocycles. The van der Waals surface area contributed by atoms with Gasteiger partial charge < -0.3 is 9.63 Å². The van der Waals surface area contributed by atoms with Gasteiger partial charge in [-0.15, -0.1) is 11.3 Å². The average Bonchev–Trinajstić information content (AvgIpc) is 3.12. The molecule has 0 radical (unpaired) electrons. The second-order valence-electron chi connectivity index (χ2n) is 4.94. The van der Waals surface area contributed by atoms with E-state index in [1.807, 2.05) is 24.4 Å². The van der Waals surface area contributed by atoms with E-state index in [0.29, 0.717) is 24.7 Å². The number of thiophene rings is 1. The minimum Gasteiger partial charge on any atom is -0.481 e. The summed E-state index contributed by atoms with van der Waals surface area (Å²) in [7, 11) is 0. The van der Waals surface area contributed by atoms with Crippen LogP contribution in [-0.2, 0) is 11.3 Å². The fraction of sp³-hybridized carbons (Fsp3) is 0.462. The van der Waals surface area contributed by atoms with Gasteiger partial charge in [-0.2, -0.15) is 4.98 Å². The molecule has 20 heavy (non-hydrogen) atoms. The van der Waals surface area contributed by atoms with Gasteiger partial charge in [0.05, 0.1) is 17.3 Å². The maximum Gasteiger partial charge on any atom is 0.308 e. The first kappa shape index (κ1) is 13.3. The highest BCUT2D eigenvalue weighted by Gasteiger charge is 2.36. The van der Waals surface area contributed by atoms with Gasteiger partial charge in [-0.25, -0.2) is 0 Å². The van der Waals surface area contributed by atoms with Crippen molar-refractivity contribution in [2.45, 2.75) is 25.9 Å². The Hall–Kier alpha value is -1.73. The fourth-order valence-electron chi connectivity index (χ4n) is 2.56. The van der Waals surface area contributed by atoms with Crippen LogP contribution in [0.3, 0.4) is 0 Å². The number of likely N-dealkylation sites (tertiary alicyclic amines) is 1. The van der Waals surface area contributed by atoms with Crippen molar-refractivity contribution in [2.75, 3.05) is 6.54 Å². The number of carbonyl (C=O) groups is 1. The fourth-order valence-corrected chi connectivity index (χ4v) is 3.20. The van der Waals surface area contributed by atoms with E-state index < -0.39 is 5.97 Å². The molecule has 6 nitrogen and oxygen atoms in total. The van der Waals surface area contributed by atoms with Crippen LogP contribution in [0.4, 0.5) is 0 Å². The van der Waals surface area contributed by atoms with Crippen molar-refractivity contribution in [3.05, 3.63) is 23.3 Å². The van der Waals surface area contributed by atoms with Gasteiger partial charge in [-0.05, 0) is 31.3 Å². The SMILES string of the molecule is CC1C(C(=O)O)CCN1Cc1noc(-c2cccs2)n1. The Labute approximate surface area is 120 Å². The van der Waals surface area contributed by atoms with Crippen LogP contribution in [0, 0.1) is 5.92 Å². The molecular formula is C13H15N3O3S. The van der Waals surface area contributed by atoms with Crippen molar-refractivity contribution >= 4 is 17.3 Å². The van der Waals surface area contributed by atoms with Crippen LogP contribution in [0.1, 0.15) is 19.2 Å². The molecule has 1 aliphatic rings. The highest BCUT2D eigenvalue weighted by molar-refractivity contribution is 7.13. The first-order chi connectivity index (χ1) is 9.65. The van der Waals surface area contributed by atoms with Crippen molar-refractivity contribution in [1.82, 2.24) is 15.0 Å². The second kappa shape index (κ2) is 5.34. The van der Waals surface area contributed by atoms with Crippen LogP contribution < -0.4 is 0 Å². The molecule has 0 saturated carbocycles. The summed E-state index contributed by atoms with van der Waals surface area (Å²) in [4.78, 5) is 18.5. The average molecular weight is 293 g/mol. The Morgan fingerprint density at radius 1 is 1.65 bits per heavy atom. The minimum absolute atomic E-state index is 0.00353. The van der Waals surface area contributed by atoms with Gasteiger partial charge in [-0.1, -0.05) is 11.2 Å². The van der Waals surface area contributed by atoms with E-state index in [1.165, 1.54) is 0 Å². The summed E-state index contributed by atoms with van der Waals surface area (Å²) in [6.45, 7) is 3.22. The van der Waals surface area contributed by atoms with Gasteiger partial charge in [0.25, 0.3) is 5.89 Å². The van der Waals surface area contributed by atoms with E-state index in [1.54, 1.807) is 11.3 Å². The Balaban J connectivity index is 1.69. The van der Waals surface area contributed by atoms with E-state index in [0.717, 1.165) is 11.4 Å². The molecule has 1 aliphatic heterocycles. The molecule has 2 aromatic heterocycles. The van der Waals surface area contributed by atoms with Crippen LogP contribution >= 0.6 is 11.3 Å². The first-order valence-corrected chi connectivity index (χ1v) is 7.36. The zero-order valence-electron chi connectivity index (χ0n) is 11.0. The quantitative estimate of drug-likeness (QED) is 0.930. The van der Waals surface area contributed by atoms with Gasteiger partial charge in [0.1, 0.15) is 0 Å². The lowest BCUT2D eigenvalue weighted by Gasteiger charge is -2.20. The lowest BCUT2D eigenvalue weighted by molar-refractivity contribution is -0.142. The number of hydrogen-bond donors (Lipinski definition) is 1. The van der Waals surface area contributed by atoms with E-state index in [9.17, 15) is 4.79 Å². The largest absolute Gasteiger partial charge is 0.481 e. The van der Waals surface area contributed by atoms with Gasteiger partial charge in [-0.3, -0.25) is 9.69 Å². The van der Waals surface area contributed by atoms with Crippen molar-refractivity contribution in [3.63, 3.8) is 0 Å². The molecule has 1 saturated heterocycles. The normalized spacial score (nSPS) is 23.2. The van der Waals surface area contributed by atoms with E-state index in [2.05, 4.69) is 15.0 Å². The zero-order valence-corrected chi connectivity index (χ0v) is 11.8. The predicted octanol–water partition coefficient (Wildman–Crippen LogP) is 2.09. The third kappa shape index (κ3) is 2.46. The summed E-state index contributed by atoms with van der Waals surface area (Å²) in [5, 5.41) is 15.1. The number of aliphatic carboxylic acids is 1. The summed E-state index contributed by atoms with van der Waals surface area (Å²) < 4.78 is 5.24. The third-order valence-electron chi connectivity index (χ3n) is 3.75. The zero-order chi connectivity index (χ0) is 14.1. The standard InChI is InChI=1S/C13H15N3O3S/c1-8-9(13(17)18)4-5-16(8)7-11-14-12(19-15-11)10-3-2-6-20-10/h2-3,6,8-9H,4-5,7H2,1H3,(H,17,18). The molecule has 0 spiro atoms. The Bertz CT molecular complexity index is 596. The molecule has 0 bridgehead atoms. The predicted molar refractivity (Wildman–Crippen MR) is 73.2 cm³/mol. The molecule has 3 heterocycles. The van der Waals surface area contributed by atoms with Crippen molar-refractivity contribution in [3.8, 4) is 10.8 Å². The van der Waals surface area contributed by atoms with Gasteiger partial charge in [0.15, 0.2) is 5.82 Å². The molecule has 1 N–H and O–H groups in total. The Kier molecular flexibility index (Phi) is 3.54.